The van der Waals surface area contributed by atoms with Crippen molar-refractivity contribution in [1.82, 2.24) is 15.5 Å². The first-order chi connectivity index (χ1) is 13.2. The summed E-state index contributed by atoms with van der Waals surface area (Å²) in [5.74, 6) is 0.818. The molecule has 0 amide bonds. The number of benzene rings is 1. The summed E-state index contributed by atoms with van der Waals surface area (Å²) in [6.07, 6.45) is 0.955. The van der Waals surface area contributed by atoms with Crippen LogP contribution in [0.2, 0.25) is 5.02 Å². The van der Waals surface area contributed by atoms with Crippen molar-refractivity contribution in [2.75, 3.05) is 64.4 Å². The Morgan fingerprint density at radius 2 is 1.96 bits per heavy atom. The molecule has 1 aromatic rings. The second-order valence-electron chi connectivity index (χ2n) is 6.70. The van der Waals surface area contributed by atoms with Crippen molar-refractivity contribution in [3.05, 3.63) is 28.8 Å². The number of halogens is 1. The van der Waals surface area contributed by atoms with Crippen molar-refractivity contribution in [3.63, 3.8) is 0 Å². The molecular formula is C20H34ClN5O. The predicted molar refractivity (Wildman–Crippen MR) is 115 cm³/mol. The normalized spacial score (nSPS) is 15.9. The summed E-state index contributed by atoms with van der Waals surface area (Å²) in [5, 5.41) is 7.45. The molecule has 1 aromatic carbocycles. The Labute approximate surface area is 168 Å². The molecule has 0 aromatic heterocycles. The maximum Gasteiger partial charge on any atom is 0.191 e. The van der Waals surface area contributed by atoms with E-state index in [9.17, 15) is 0 Å². The molecule has 0 atom stereocenters. The second kappa shape index (κ2) is 12.1. The van der Waals surface area contributed by atoms with Gasteiger partial charge in [-0.1, -0.05) is 17.7 Å². The molecular weight excluding hydrogens is 362 g/mol. The molecule has 6 nitrogen and oxygen atoms in total. The van der Waals surface area contributed by atoms with E-state index in [4.69, 9.17) is 21.3 Å². The number of rotatable bonds is 9. The lowest BCUT2D eigenvalue weighted by atomic mass is 10.1. The molecule has 1 saturated heterocycles. The number of nitrogens with one attached hydrogen (secondary N) is 2. The van der Waals surface area contributed by atoms with Gasteiger partial charge in [0.2, 0.25) is 0 Å². The van der Waals surface area contributed by atoms with Crippen LogP contribution in [0.5, 0.6) is 0 Å². The molecule has 0 radical (unpaired) electrons. The SMILES string of the molecule is CCNC(=NCc1c(Cl)cccc1N1CCN(C)CC1)NCCCOCC. The van der Waals surface area contributed by atoms with Gasteiger partial charge in [0.1, 0.15) is 0 Å². The molecule has 0 unspecified atom stereocenters. The number of nitrogens with zero attached hydrogens (tertiary/aromatic N) is 3. The van der Waals surface area contributed by atoms with Crippen LogP contribution in [-0.4, -0.2) is 70.4 Å². The van der Waals surface area contributed by atoms with Gasteiger partial charge in [-0.15, -0.1) is 0 Å². The average molecular weight is 396 g/mol. The highest BCUT2D eigenvalue weighted by atomic mass is 35.5. The molecule has 1 fully saturated rings. The van der Waals surface area contributed by atoms with Gasteiger partial charge in [0, 0.05) is 68.8 Å². The lowest BCUT2D eigenvalue weighted by Crippen LogP contribution is -2.44. The van der Waals surface area contributed by atoms with Crippen LogP contribution in [0.4, 0.5) is 5.69 Å². The van der Waals surface area contributed by atoms with Gasteiger partial charge in [-0.05, 0) is 39.4 Å². The van der Waals surface area contributed by atoms with Crippen LogP contribution < -0.4 is 15.5 Å². The van der Waals surface area contributed by atoms with E-state index >= 15 is 0 Å². The van der Waals surface area contributed by atoms with E-state index in [1.165, 1.54) is 5.69 Å². The summed E-state index contributed by atoms with van der Waals surface area (Å²) in [4.78, 5) is 9.54. The molecule has 0 bridgehead atoms. The summed E-state index contributed by atoms with van der Waals surface area (Å²) in [6, 6.07) is 6.14. The standard InChI is InChI=1S/C20H34ClN5O/c1-4-22-20(23-10-7-15-27-5-2)24-16-17-18(21)8-6-9-19(17)26-13-11-25(3)12-14-26/h6,8-9H,4-5,7,10-16H2,1-3H3,(H2,22,23,24). The maximum absolute atomic E-state index is 6.54. The number of likely N-dealkylation sites (N-methyl/N-ethyl adjacent to an activating group) is 1. The number of guanidine groups is 1. The van der Waals surface area contributed by atoms with Gasteiger partial charge in [0.15, 0.2) is 5.96 Å². The Bertz CT molecular complexity index is 588. The second-order valence-corrected chi connectivity index (χ2v) is 7.11. The summed E-state index contributed by atoms with van der Waals surface area (Å²) >= 11 is 6.54. The summed E-state index contributed by atoms with van der Waals surface area (Å²) in [5.41, 5.74) is 2.29. The van der Waals surface area contributed by atoms with Gasteiger partial charge >= 0.3 is 0 Å². The molecule has 0 spiro atoms. The smallest absolute Gasteiger partial charge is 0.191 e. The van der Waals surface area contributed by atoms with Crippen LogP contribution >= 0.6 is 11.6 Å². The summed E-state index contributed by atoms with van der Waals surface area (Å²) in [6.45, 7) is 12.0. The van der Waals surface area contributed by atoms with Gasteiger partial charge in [-0.3, -0.25) is 0 Å². The van der Waals surface area contributed by atoms with E-state index in [1.807, 2.05) is 19.1 Å². The lowest BCUT2D eigenvalue weighted by Gasteiger charge is -2.35. The van der Waals surface area contributed by atoms with Crippen LogP contribution in [0.15, 0.2) is 23.2 Å². The first-order valence-electron chi connectivity index (χ1n) is 9.96. The molecule has 2 rings (SSSR count). The first-order valence-corrected chi connectivity index (χ1v) is 10.3. The third kappa shape index (κ3) is 7.20. The predicted octanol–water partition coefficient (Wildman–Crippen LogP) is 2.57. The number of anilines is 1. The van der Waals surface area contributed by atoms with Crippen molar-refractivity contribution in [3.8, 4) is 0 Å². The highest BCUT2D eigenvalue weighted by Crippen LogP contribution is 2.29. The zero-order valence-corrected chi connectivity index (χ0v) is 17.7. The molecule has 1 aliphatic heterocycles. The van der Waals surface area contributed by atoms with E-state index < -0.39 is 0 Å². The Morgan fingerprint density at radius 3 is 2.67 bits per heavy atom. The van der Waals surface area contributed by atoms with Crippen molar-refractivity contribution < 1.29 is 4.74 Å². The molecule has 152 valence electrons. The molecule has 0 saturated carbocycles. The number of hydrogen-bond acceptors (Lipinski definition) is 4. The largest absolute Gasteiger partial charge is 0.382 e. The molecule has 1 aliphatic rings. The Balaban J connectivity index is 2.03. The van der Waals surface area contributed by atoms with Crippen molar-refractivity contribution in [1.29, 1.82) is 0 Å². The van der Waals surface area contributed by atoms with Gasteiger partial charge in [-0.25, -0.2) is 4.99 Å². The van der Waals surface area contributed by atoms with E-state index in [2.05, 4.69) is 40.5 Å². The average Bonchev–Trinajstić information content (AvgIpc) is 2.67. The number of piperazine rings is 1. The first kappa shape index (κ1) is 21.8. The number of aliphatic imine (C=N–C) groups is 1. The molecule has 27 heavy (non-hydrogen) atoms. The third-order valence-corrected chi connectivity index (χ3v) is 4.99. The van der Waals surface area contributed by atoms with Crippen LogP contribution in [0.1, 0.15) is 25.8 Å². The number of ether oxygens (including phenoxy) is 1. The minimum Gasteiger partial charge on any atom is -0.382 e. The van der Waals surface area contributed by atoms with E-state index in [0.29, 0.717) is 6.54 Å². The number of hydrogen-bond donors (Lipinski definition) is 2. The highest BCUT2D eigenvalue weighted by Gasteiger charge is 2.18. The third-order valence-electron chi connectivity index (χ3n) is 4.64. The van der Waals surface area contributed by atoms with Crippen LogP contribution in [-0.2, 0) is 11.3 Å². The molecule has 2 N–H and O–H groups in total. The summed E-state index contributed by atoms with van der Waals surface area (Å²) in [7, 11) is 2.17. The molecule has 0 aliphatic carbocycles. The zero-order valence-electron chi connectivity index (χ0n) is 16.9. The fourth-order valence-electron chi connectivity index (χ4n) is 3.07. The van der Waals surface area contributed by atoms with Gasteiger partial charge in [-0.2, -0.15) is 0 Å². The fraction of sp³-hybridized carbons (Fsp3) is 0.650. The van der Waals surface area contributed by atoms with Gasteiger partial charge in [0.05, 0.1) is 6.54 Å². The van der Waals surface area contributed by atoms with E-state index in [0.717, 1.165) is 75.4 Å². The fourth-order valence-corrected chi connectivity index (χ4v) is 3.30. The van der Waals surface area contributed by atoms with E-state index in [1.54, 1.807) is 0 Å². The maximum atomic E-state index is 6.54. The highest BCUT2D eigenvalue weighted by molar-refractivity contribution is 6.31. The van der Waals surface area contributed by atoms with Crippen LogP contribution in [0, 0.1) is 0 Å². The molecule has 1 heterocycles. The topological polar surface area (TPSA) is 52.1 Å². The molecule has 7 heteroatoms. The Hall–Kier alpha value is -1.50. The van der Waals surface area contributed by atoms with Crippen molar-refractivity contribution >= 4 is 23.2 Å². The van der Waals surface area contributed by atoms with Crippen LogP contribution in [0.3, 0.4) is 0 Å². The minimum absolute atomic E-state index is 0.558. The monoisotopic (exact) mass is 395 g/mol. The van der Waals surface area contributed by atoms with Gasteiger partial charge < -0.3 is 25.2 Å². The van der Waals surface area contributed by atoms with Crippen molar-refractivity contribution in [2.45, 2.75) is 26.8 Å². The van der Waals surface area contributed by atoms with Crippen LogP contribution in [0.25, 0.3) is 0 Å². The summed E-state index contributed by atoms with van der Waals surface area (Å²) < 4.78 is 5.38. The van der Waals surface area contributed by atoms with Gasteiger partial charge in [0.25, 0.3) is 0 Å². The van der Waals surface area contributed by atoms with Crippen molar-refractivity contribution in [2.24, 2.45) is 4.99 Å². The quantitative estimate of drug-likeness (QED) is 0.382. The minimum atomic E-state index is 0.558. The Morgan fingerprint density at radius 1 is 1.19 bits per heavy atom. The lowest BCUT2D eigenvalue weighted by molar-refractivity contribution is 0.145. The zero-order chi connectivity index (χ0) is 19.5. The Kier molecular flexibility index (Phi) is 9.73. The van der Waals surface area contributed by atoms with E-state index in [-0.39, 0.29) is 0 Å².